The van der Waals surface area contributed by atoms with Crippen molar-refractivity contribution in [2.45, 2.75) is 58.8 Å². The molecule has 16 heavy (non-hydrogen) atoms. The summed E-state index contributed by atoms with van der Waals surface area (Å²) in [6.45, 7) is 4.89. The molecule has 0 amide bonds. The van der Waals surface area contributed by atoms with Gasteiger partial charge in [0.05, 0.1) is 0 Å². The number of hydrogen-bond acceptors (Lipinski definition) is 2. The molecule has 3 heteroatoms. The van der Waals surface area contributed by atoms with E-state index in [1.54, 1.807) is 6.92 Å². The fourth-order valence-corrected chi connectivity index (χ4v) is 1.60. The first kappa shape index (κ1) is 15.0. The average Bonchev–Trinajstić information content (AvgIpc) is 2.21. The summed E-state index contributed by atoms with van der Waals surface area (Å²) < 4.78 is 0. The van der Waals surface area contributed by atoms with Crippen molar-refractivity contribution in [2.24, 2.45) is 0 Å². The van der Waals surface area contributed by atoms with Gasteiger partial charge in [-0.2, -0.15) is 0 Å². The normalized spacial score (nSPS) is 11.5. The molecule has 0 aliphatic rings. The monoisotopic (exact) mass is 227 g/mol. The number of hydrogen-bond donors (Lipinski definition) is 2. The molecule has 0 rings (SSSR count). The number of unbranched alkanes of at least 4 members (excludes halogenated alkanes) is 6. The van der Waals surface area contributed by atoms with Crippen molar-refractivity contribution >= 4 is 5.97 Å². The lowest BCUT2D eigenvalue weighted by Gasteiger charge is -2.05. The standard InChI is InChI=1S/C13H25NO2/c1-3-4-5-6-7-8-9-10-14-12(2)11-13(15)16/h11,14H,3-10H2,1-2H3,(H,15,16). The molecule has 0 unspecified atom stereocenters. The van der Waals surface area contributed by atoms with E-state index in [-0.39, 0.29) is 0 Å². The molecule has 2 N–H and O–H groups in total. The van der Waals surface area contributed by atoms with Gasteiger partial charge in [0.25, 0.3) is 0 Å². The SMILES string of the molecule is CCCCCCCCCNC(C)=CC(=O)O. The molecule has 0 aromatic carbocycles. The second-order valence-corrected chi connectivity index (χ2v) is 4.21. The molecule has 0 radical (unpaired) electrons. The highest BCUT2D eigenvalue weighted by Crippen LogP contribution is 2.06. The minimum atomic E-state index is -0.885. The van der Waals surface area contributed by atoms with Gasteiger partial charge in [-0.1, -0.05) is 45.4 Å². The summed E-state index contributed by atoms with van der Waals surface area (Å²) in [6.07, 6.45) is 10.2. The zero-order valence-electron chi connectivity index (χ0n) is 10.6. The Morgan fingerprint density at radius 1 is 1.12 bits per heavy atom. The van der Waals surface area contributed by atoms with Crippen LogP contribution in [0.1, 0.15) is 58.8 Å². The molecule has 0 aromatic rings. The van der Waals surface area contributed by atoms with Gasteiger partial charge in [-0.05, 0) is 13.3 Å². The Bertz CT molecular complexity index is 212. The minimum Gasteiger partial charge on any atom is -0.478 e. The van der Waals surface area contributed by atoms with Gasteiger partial charge in [-0.15, -0.1) is 0 Å². The molecule has 0 aromatic heterocycles. The molecular weight excluding hydrogens is 202 g/mol. The van der Waals surface area contributed by atoms with E-state index in [9.17, 15) is 4.79 Å². The summed E-state index contributed by atoms with van der Waals surface area (Å²) in [5.74, 6) is -0.885. The van der Waals surface area contributed by atoms with Gasteiger partial charge in [-0.25, -0.2) is 4.79 Å². The Kier molecular flexibility index (Phi) is 9.87. The first-order valence-electron chi connectivity index (χ1n) is 6.32. The van der Waals surface area contributed by atoms with E-state index in [4.69, 9.17) is 5.11 Å². The maximum Gasteiger partial charge on any atom is 0.330 e. The first-order valence-corrected chi connectivity index (χ1v) is 6.32. The van der Waals surface area contributed by atoms with Crippen LogP contribution in [0, 0.1) is 0 Å². The van der Waals surface area contributed by atoms with E-state index in [2.05, 4.69) is 12.2 Å². The van der Waals surface area contributed by atoms with E-state index in [0.717, 1.165) is 18.7 Å². The fraction of sp³-hybridized carbons (Fsp3) is 0.769. The fourth-order valence-electron chi connectivity index (χ4n) is 1.60. The van der Waals surface area contributed by atoms with Crippen LogP contribution in [0.15, 0.2) is 11.8 Å². The van der Waals surface area contributed by atoms with Crippen LogP contribution in [-0.2, 0) is 4.79 Å². The molecule has 0 heterocycles. The molecule has 0 aliphatic heterocycles. The first-order chi connectivity index (χ1) is 7.66. The highest BCUT2D eigenvalue weighted by molar-refractivity contribution is 5.80. The van der Waals surface area contributed by atoms with E-state index < -0.39 is 5.97 Å². The molecule has 3 nitrogen and oxygen atoms in total. The molecule has 0 fully saturated rings. The summed E-state index contributed by atoms with van der Waals surface area (Å²) in [7, 11) is 0. The van der Waals surface area contributed by atoms with Gasteiger partial charge in [0, 0.05) is 18.3 Å². The van der Waals surface area contributed by atoms with Gasteiger partial charge >= 0.3 is 5.97 Å². The number of allylic oxidation sites excluding steroid dienone is 1. The lowest BCUT2D eigenvalue weighted by molar-refractivity contribution is -0.131. The van der Waals surface area contributed by atoms with Gasteiger partial charge < -0.3 is 10.4 Å². The van der Waals surface area contributed by atoms with Crippen molar-refractivity contribution in [1.29, 1.82) is 0 Å². The molecule has 94 valence electrons. The Labute approximate surface area is 98.9 Å². The Balaban J connectivity index is 3.24. The number of nitrogens with one attached hydrogen (secondary N) is 1. The summed E-state index contributed by atoms with van der Waals surface area (Å²) >= 11 is 0. The smallest absolute Gasteiger partial charge is 0.330 e. The Hall–Kier alpha value is -0.990. The predicted molar refractivity (Wildman–Crippen MR) is 67.4 cm³/mol. The van der Waals surface area contributed by atoms with Crippen molar-refractivity contribution in [3.8, 4) is 0 Å². The van der Waals surface area contributed by atoms with E-state index in [1.165, 1.54) is 44.6 Å². The van der Waals surface area contributed by atoms with Gasteiger partial charge in [-0.3, -0.25) is 0 Å². The second kappa shape index (κ2) is 10.5. The summed E-state index contributed by atoms with van der Waals surface area (Å²) in [6, 6.07) is 0. The van der Waals surface area contributed by atoms with Gasteiger partial charge in [0.1, 0.15) is 0 Å². The Morgan fingerprint density at radius 3 is 2.25 bits per heavy atom. The van der Waals surface area contributed by atoms with Crippen LogP contribution >= 0.6 is 0 Å². The maximum absolute atomic E-state index is 10.3. The number of carbonyl (C=O) groups is 1. The highest BCUT2D eigenvalue weighted by atomic mass is 16.4. The largest absolute Gasteiger partial charge is 0.478 e. The number of carboxylic acid groups (broad SMARTS) is 1. The lowest BCUT2D eigenvalue weighted by atomic mass is 10.1. The summed E-state index contributed by atoms with van der Waals surface area (Å²) in [4.78, 5) is 10.3. The van der Waals surface area contributed by atoms with Crippen molar-refractivity contribution < 1.29 is 9.90 Å². The van der Waals surface area contributed by atoms with Crippen LogP contribution in [-0.4, -0.2) is 17.6 Å². The highest BCUT2D eigenvalue weighted by Gasteiger charge is 1.94. The zero-order chi connectivity index (χ0) is 12.2. The predicted octanol–water partition coefficient (Wildman–Crippen LogP) is 3.32. The third-order valence-electron chi connectivity index (χ3n) is 2.52. The lowest BCUT2D eigenvalue weighted by Crippen LogP contribution is -2.13. The third kappa shape index (κ3) is 11.1. The summed E-state index contributed by atoms with van der Waals surface area (Å²) in [5.41, 5.74) is 0.735. The minimum absolute atomic E-state index is 0.735. The van der Waals surface area contributed by atoms with Gasteiger partial charge in [0.15, 0.2) is 0 Å². The molecular formula is C13H25NO2. The Morgan fingerprint density at radius 2 is 1.69 bits per heavy atom. The van der Waals surface area contributed by atoms with E-state index in [1.807, 2.05) is 0 Å². The van der Waals surface area contributed by atoms with Crippen LogP contribution in [0.3, 0.4) is 0 Å². The van der Waals surface area contributed by atoms with Crippen molar-refractivity contribution in [3.63, 3.8) is 0 Å². The van der Waals surface area contributed by atoms with Crippen LogP contribution in [0.5, 0.6) is 0 Å². The number of carboxylic acids is 1. The van der Waals surface area contributed by atoms with Gasteiger partial charge in [0.2, 0.25) is 0 Å². The van der Waals surface area contributed by atoms with Crippen molar-refractivity contribution in [2.75, 3.05) is 6.54 Å². The second-order valence-electron chi connectivity index (χ2n) is 4.21. The molecule has 0 saturated heterocycles. The van der Waals surface area contributed by atoms with Crippen LogP contribution in [0.4, 0.5) is 0 Å². The van der Waals surface area contributed by atoms with Crippen molar-refractivity contribution in [3.05, 3.63) is 11.8 Å². The molecule has 0 aliphatic carbocycles. The maximum atomic E-state index is 10.3. The summed E-state index contributed by atoms with van der Waals surface area (Å²) in [5, 5.41) is 11.6. The van der Waals surface area contributed by atoms with E-state index in [0.29, 0.717) is 0 Å². The van der Waals surface area contributed by atoms with Crippen LogP contribution in [0.2, 0.25) is 0 Å². The third-order valence-corrected chi connectivity index (χ3v) is 2.52. The quantitative estimate of drug-likeness (QED) is 0.444. The number of rotatable bonds is 10. The average molecular weight is 227 g/mol. The number of aliphatic carboxylic acids is 1. The zero-order valence-corrected chi connectivity index (χ0v) is 10.6. The molecule has 0 atom stereocenters. The van der Waals surface area contributed by atoms with Crippen LogP contribution in [0.25, 0.3) is 0 Å². The van der Waals surface area contributed by atoms with Crippen molar-refractivity contribution in [1.82, 2.24) is 5.32 Å². The molecule has 0 saturated carbocycles. The topological polar surface area (TPSA) is 49.3 Å². The van der Waals surface area contributed by atoms with E-state index >= 15 is 0 Å². The molecule has 0 bridgehead atoms. The van der Waals surface area contributed by atoms with Crippen LogP contribution < -0.4 is 5.32 Å². The molecule has 0 spiro atoms.